The van der Waals surface area contributed by atoms with E-state index in [-0.39, 0.29) is 0 Å². The van der Waals surface area contributed by atoms with Crippen LogP contribution in [-0.2, 0) is 4.74 Å². The van der Waals surface area contributed by atoms with E-state index in [2.05, 4.69) is 20.9 Å². The number of halogens is 1. The van der Waals surface area contributed by atoms with Gasteiger partial charge in [0.25, 0.3) is 0 Å². The van der Waals surface area contributed by atoms with Crippen LogP contribution >= 0.6 is 15.9 Å². The monoisotopic (exact) mass is 313 g/mol. The topological polar surface area (TPSA) is 47.9 Å². The third-order valence-corrected chi connectivity index (χ3v) is 2.51. The quantitative estimate of drug-likeness (QED) is 0.780. The first-order valence-electron chi connectivity index (χ1n) is 5.42. The molecule has 0 saturated heterocycles. The Bertz CT molecular complexity index is 464. The molecule has 0 radical (unpaired) electrons. The second-order valence-corrected chi connectivity index (χ2v) is 5.49. The Labute approximate surface area is 115 Å². The Balaban J connectivity index is 2.73. The molecule has 0 aliphatic rings. The molecule has 4 nitrogen and oxygen atoms in total. The number of nitrogens with zero attached hydrogens (tertiary/aromatic N) is 1. The van der Waals surface area contributed by atoms with E-state index in [9.17, 15) is 4.79 Å². The number of hydrogen-bond acceptors (Lipinski definition) is 3. The van der Waals surface area contributed by atoms with Gasteiger partial charge in [-0.3, -0.25) is 0 Å². The number of carbonyl (C=O) groups is 1. The first kappa shape index (κ1) is 14.7. The lowest BCUT2D eigenvalue weighted by Crippen LogP contribution is -2.21. The molecule has 18 heavy (non-hydrogen) atoms. The summed E-state index contributed by atoms with van der Waals surface area (Å²) in [7, 11) is 1.59. The summed E-state index contributed by atoms with van der Waals surface area (Å²) in [6, 6.07) is 5.41. The van der Waals surface area contributed by atoms with Crippen molar-refractivity contribution in [3.8, 4) is 5.75 Å². The Morgan fingerprint density at radius 3 is 2.56 bits per heavy atom. The highest BCUT2D eigenvalue weighted by Gasteiger charge is 2.14. The summed E-state index contributed by atoms with van der Waals surface area (Å²) in [6.07, 6.45) is 0.854. The van der Waals surface area contributed by atoms with Gasteiger partial charge in [-0.25, -0.2) is 4.79 Å². The summed E-state index contributed by atoms with van der Waals surface area (Å²) in [5, 5.41) is 0. The fourth-order valence-electron chi connectivity index (χ4n) is 1.18. The number of aliphatic imine (C=N–C) groups is 1. The molecule has 0 fully saturated rings. The number of methoxy groups -OCH3 is 1. The average molecular weight is 314 g/mol. The minimum absolute atomic E-state index is 0.533. The number of ether oxygens (including phenoxy) is 2. The fourth-order valence-corrected chi connectivity index (χ4v) is 1.74. The first-order chi connectivity index (χ1) is 8.31. The van der Waals surface area contributed by atoms with Crippen LogP contribution in [0.3, 0.4) is 0 Å². The fraction of sp³-hybridized carbons (Fsp3) is 0.385. The zero-order chi connectivity index (χ0) is 13.8. The number of hydrogen-bond donors (Lipinski definition) is 0. The van der Waals surface area contributed by atoms with Gasteiger partial charge in [-0.15, -0.1) is 0 Å². The molecule has 0 unspecified atom stereocenters. The lowest BCUT2D eigenvalue weighted by molar-refractivity contribution is 0.0605. The molecule has 0 bridgehead atoms. The van der Waals surface area contributed by atoms with E-state index in [1.807, 2.05) is 6.07 Å². The molecule has 5 heteroatoms. The Morgan fingerprint density at radius 2 is 2.06 bits per heavy atom. The van der Waals surface area contributed by atoms with Crippen molar-refractivity contribution >= 4 is 28.2 Å². The van der Waals surface area contributed by atoms with Gasteiger partial charge in [0, 0.05) is 6.21 Å². The maximum Gasteiger partial charge on any atom is 0.434 e. The van der Waals surface area contributed by atoms with Crippen molar-refractivity contribution in [2.45, 2.75) is 26.4 Å². The molecule has 0 spiro atoms. The Kier molecular flexibility index (Phi) is 4.90. The minimum Gasteiger partial charge on any atom is -0.496 e. The summed E-state index contributed by atoms with van der Waals surface area (Å²) in [5.74, 6) is 0.726. The highest BCUT2D eigenvalue weighted by Crippen LogP contribution is 2.24. The lowest BCUT2D eigenvalue weighted by Gasteiger charge is -2.17. The van der Waals surface area contributed by atoms with Gasteiger partial charge in [0.2, 0.25) is 0 Å². The van der Waals surface area contributed by atoms with Crippen LogP contribution in [0.25, 0.3) is 0 Å². The molecule has 1 rings (SSSR count). The number of carbonyl (C=O) groups excluding carboxylic acids is 1. The van der Waals surface area contributed by atoms with Crippen LogP contribution < -0.4 is 4.74 Å². The van der Waals surface area contributed by atoms with Gasteiger partial charge in [-0.05, 0) is 60.5 Å². The molecule has 0 heterocycles. The van der Waals surface area contributed by atoms with Crippen molar-refractivity contribution in [2.24, 2.45) is 4.99 Å². The number of rotatable bonds is 2. The van der Waals surface area contributed by atoms with Crippen LogP contribution in [0, 0.1) is 0 Å². The van der Waals surface area contributed by atoms with Gasteiger partial charge in [0.1, 0.15) is 11.4 Å². The van der Waals surface area contributed by atoms with Gasteiger partial charge in [-0.1, -0.05) is 0 Å². The van der Waals surface area contributed by atoms with Gasteiger partial charge < -0.3 is 9.47 Å². The van der Waals surface area contributed by atoms with Crippen LogP contribution in [0.15, 0.2) is 27.7 Å². The molecule has 1 aromatic rings. The molecule has 98 valence electrons. The maximum absolute atomic E-state index is 11.4. The molecule has 1 amide bonds. The predicted octanol–water partition coefficient (Wildman–Crippen LogP) is 3.81. The van der Waals surface area contributed by atoms with Crippen molar-refractivity contribution in [1.82, 2.24) is 0 Å². The lowest BCUT2D eigenvalue weighted by atomic mass is 10.2. The predicted molar refractivity (Wildman–Crippen MR) is 74.5 cm³/mol. The summed E-state index contributed by atoms with van der Waals surface area (Å²) >= 11 is 3.36. The molecule has 0 aliphatic heterocycles. The summed E-state index contributed by atoms with van der Waals surface area (Å²) in [5.41, 5.74) is 0.253. The van der Waals surface area contributed by atoms with E-state index in [0.29, 0.717) is 0 Å². The molecular formula is C13H16BrNO3. The van der Waals surface area contributed by atoms with Crippen LogP contribution in [0.5, 0.6) is 5.75 Å². The van der Waals surface area contributed by atoms with Gasteiger partial charge >= 0.3 is 6.09 Å². The third kappa shape index (κ3) is 4.87. The second kappa shape index (κ2) is 6.00. The SMILES string of the molecule is COc1ccc(/C=N/C(=O)OC(C)(C)C)cc1Br. The van der Waals surface area contributed by atoms with E-state index >= 15 is 0 Å². The number of amides is 1. The summed E-state index contributed by atoms with van der Waals surface area (Å²) < 4.78 is 11.0. The zero-order valence-electron chi connectivity index (χ0n) is 10.9. The van der Waals surface area contributed by atoms with Crippen molar-refractivity contribution in [3.05, 3.63) is 28.2 Å². The summed E-state index contributed by atoms with van der Waals surface area (Å²) in [4.78, 5) is 15.1. The highest BCUT2D eigenvalue weighted by atomic mass is 79.9. The van der Waals surface area contributed by atoms with Crippen molar-refractivity contribution in [2.75, 3.05) is 7.11 Å². The Morgan fingerprint density at radius 1 is 1.39 bits per heavy atom. The third-order valence-electron chi connectivity index (χ3n) is 1.89. The van der Waals surface area contributed by atoms with E-state index in [0.717, 1.165) is 15.8 Å². The van der Waals surface area contributed by atoms with Gasteiger partial charge in [-0.2, -0.15) is 4.99 Å². The molecule has 1 aromatic carbocycles. The minimum atomic E-state index is -0.602. The first-order valence-corrected chi connectivity index (χ1v) is 6.22. The van der Waals surface area contributed by atoms with E-state index in [1.165, 1.54) is 6.21 Å². The maximum atomic E-state index is 11.4. The van der Waals surface area contributed by atoms with Crippen molar-refractivity contribution in [3.63, 3.8) is 0 Å². The average Bonchev–Trinajstić information content (AvgIpc) is 2.24. The molecule has 0 aliphatic carbocycles. The van der Waals surface area contributed by atoms with E-state index in [4.69, 9.17) is 9.47 Å². The van der Waals surface area contributed by atoms with Crippen molar-refractivity contribution in [1.29, 1.82) is 0 Å². The largest absolute Gasteiger partial charge is 0.496 e. The van der Waals surface area contributed by atoms with Crippen LogP contribution in [0.4, 0.5) is 4.79 Å². The standard InChI is InChI=1S/C13H16BrNO3/c1-13(2,3)18-12(16)15-8-9-5-6-11(17-4)10(14)7-9/h5-8H,1-4H3/b15-8+. The molecule has 0 N–H and O–H groups in total. The Hall–Kier alpha value is -1.36. The van der Waals surface area contributed by atoms with Crippen LogP contribution in [0.2, 0.25) is 0 Å². The molecule has 0 atom stereocenters. The zero-order valence-corrected chi connectivity index (χ0v) is 12.4. The van der Waals surface area contributed by atoms with Crippen LogP contribution in [-0.4, -0.2) is 25.0 Å². The van der Waals surface area contributed by atoms with E-state index < -0.39 is 11.7 Å². The smallest absolute Gasteiger partial charge is 0.434 e. The second-order valence-electron chi connectivity index (χ2n) is 4.63. The molecule has 0 aromatic heterocycles. The van der Waals surface area contributed by atoms with Crippen LogP contribution in [0.1, 0.15) is 26.3 Å². The van der Waals surface area contributed by atoms with Crippen molar-refractivity contribution < 1.29 is 14.3 Å². The number of benzene rings is 1. The normalized spacial score (nSPS) is 11.6. The van der Waals surface area contributed by atoms with Gasteiger partial charge in [0.15, 0.2) is 0 Å². The highest BCUT2D eigenvalue weighted by molar-refractivity contribution is 9.10. The van der Waals surface area contributed by atoms with E-state index in [1.54, 1.807) is 40.0 Å². The molecular weight excluding hydrogens is 298 g/mol. The molecule has 0 saturated carbocycles. The summed E-state index contributed by atoms with van der Waals surface area (Å²) in [6.45, 7) is 5.39. The van der Waals surface area contributed by atoms with Gasteiger partial charge in [0.05, 0.1) is 11.6 Å².